The first-order valence-corrected chi connectivity index (χ1v) is 9.03. The number of likely N-dealkylation sites (tertiary alicyclic amines) is 2. The lowest BCUT2D eigenvalue weighted by molar-refractivity contribution is 0.0734. The van der Waals surface area contributed by atoms with Crippen LogP contribution in [0, 0.1) is 11.8 Å². The molecule has 2 atom stereocenters. The van der Waals surface area contributed by atoms with Crippen molar-refractivity contribution in [2.24, 2.45) is 11.8 Å². The van der Waals surface area contributed by atoms with E-state index in [0.717, 1.165) is 25.9 Å². The number of carbonyl (C=O) groups is 1. The van der Waals surface area contributed by atoms with Crippen LogP contribution in [0.25, 0.3) is 0 Å². The van der Waals surface area contributed by atoms with Crippen LogP contribution in [0.5, 0.6) is 0 Å². The molecule has 0 aromatic heterocycles. The van der Waals surface area contributed by atoms with Crippen molar-refractivity contribution in [2.45, 2.75) is 52.1 Å². The highest BCUT2D eigenvalue weighted by molar-refractivity contribution is 5.74. The Kier molecular flexibility index (Phi) is 6.96. The standard InChI is InChI=1S/C17H33N3O2/c1-3-8-19-10-6-15(7-11-19)12-18-17(22)20-9-4-5-16(13-20)14(2)21/h14-16,21H,3-13H2,1-2H3,(H,18,22). The highest BCUT2D eigenvalue weighted by Gasteiger charge is 2.27. The second-order valence-electron chi connectivity index (χ2n) is 7.06. The molecular weight excluding hydrogens is 278 g/mol. The maximum Gasteiger partial charge on any atom is 0.317 e. The van der Waals surface area contributed by atoms with Crippen LogP contribution in [0.2, 0.25) is 0 Å². The van der Waals surface area contributed by atoms with Gasteiger partial charge in [0, 0.05) is 25.6 Å². The SMILES string of the molecule is CCCN1CCC(CNC(=O)N2CCCC(C(C)O)C2)CC1. The van der Waals surface area contributed by atoms with Crippen LogP contribution in [0.3, 0.4) is 0 Å². The summed E-state index contributed by atoms with van der Waals surface area (Å²) in [7, 11) is 0. The van der Waals surface area contributed by atoms with Crippen molar-refractivity contribution in [3.8, 4) is 0 Å². The number of piperidine rings is 2. The van der Waals surface area contributed by atoms with Crippen LogP contribution in [0.1, 0.15) is 46.0 Å². The number of carbonyl (C=O) groups excluding carboxylic acids is 1. The van der Waals surface area contributed by atoms with Crippen LogP contribution in [0.4, 0.5) is 4.79 Å². The van der Waals surface area contributed by atoms with Gasteiger partial charge in [0.15, 0.2) is 0 Å². The fraction of sp³-hybridized carbons (Fsp3) is 0.941. The molecular formula is C17H33N3O2. The van der Waals surface area contributed by atoms with Gasteiger partial charge < -0.3 is 20.2 Å². The third-order valence-corrected chi connectivity index (χ3v) is 5.22. The van der Waals surface area contributed by atoms with Crippen molar-refractivity contribution in [1.29, 1.82) is 0 Å². The van der Waals surface area contributed by atoms with Crippen molar-refractivity contribution in [3.05, 3.63) is 0 Å². The minimum Gasteiger partial charge on any atom is -0.393 e. The van der Waals surface area contributed by atoms with Crippen LogP contribution in [-0.4, -0.2) is 66.3 Å². The summed E-state index contributed by atoms with van der Waals surface area (Å²) < 4.78 is 0. The topological polar surface area (TPSA) is 55.8 Å². The van der Waals surface area contributed by atoms with Crippen LogP contribution >= 0.6 is 0 Å². The van der Waals surface area contributed by atoms with Gasteiger partial charge in [-0.3, -0.25) is 0 Å². The number of amides is 2. The summed E-state index contributed by atoms with van der Waals surface area (Å²) in [5.41, 5.74) is 0. The Hall–Kier alpha value is -0.810. The maximum atomic E-state index is 12.3. The lowest BCUT2D eigenvalue weighted by atomic mass is 9.93. The Morgan fingerprint density at radius 2 is 2.00 bits per heavy atom. The smallest absolute Gasteiger partial charge is 0.317 e. The highest BCUT2D eigenvalue weighted by atomic mass is 16.3. The van der Waals surface area contributed by atoms with Crippen molar-refractivity contribution < 1.29 is 9.90 Å². The zero-order valence-electron chi connectivity index (χ0n) is 14.3. The Balaban J connectivity index is 1.67. The lowest BCUT2D eigenvalue weighted by Crippen LogP contribution is -2.49. The number of hydrogen-bond donors (Lipinski definition) is 2. The summed E-state index contributed by atoms with van der Waals surface area (Å²) in [6.07, 6.45) is 5.31. The summed E-state index contributed by atoms with van der Waals surface area (Å²) in [6, 6.07) is 0.0568. The van der Waals surface area contributed by atoms with E-state index in [0.29, 0.717) is 12.5 Å². The molecule has 22 heavy (non-hydrogen) atoms. The molecule has 0 saturated carbocycles. The fourth-order valence-corrected chi connectivity index (χ4v) is 3.66. The molecule has 2 amide bonds. The first-order chi connectivity index (χ1) is 10.6. The molecule has 2 N–H and O–H groups in total. The normalized spacial score (nSPS) is 26.0. The zero-order valence-corrected chi connectivity index (χ0v) is 14.3. The van der Waals surface area contributed by atoms with E-state index >= 15 is 0 Å². The highest BCUT2D eigenvalue weighted by Crippen LogP contribution is 2.20. The van der Waals surface area contributed by atoms with E-state index in [2.05, 4.69) is 17.1 Å². The van der Waals surface area contributed by atoms with Crippen molar-refractivity contribution in [1.82, 2.24) is 15.1 Å². The third-order valence-electron chi connectivity index (χ3n) is 5.22. The van der Waals surface area contributed by atoms with Gasteiger partial charge in [0.25, 0.3) is 0 Å². The molecule has 0 bridgehead atoms. The minimum absolute atomic E-state index is 0.0568. The summed E-state index contributed by atoms with van der Waals surface area (Å²) in [5, 5.41) is 12.8. The molecule has 2 rings (SSSR count). The Labute approximate surface area is 135 Å². The zero-order chi connectivity index (χ0) is 15.9. The van der Waals surface area contributed by atoms with E-state index in [1.807, 2.05) is 11.8 Å². The second-order valence-corrected chi connectivity index (χ2v) is 7.06. The molecule has 2 unspecified atom stereocenters. The van der Waals surface area contributed by atoms with E-state index in [-0.39, 0.29) is 18.1 Å². The Bertz CT molecular complexity index is 341. The van der Waals surface area contributed by atoms with Crippen LogP contribution < -0.4 is 5.32 Å². The molecule has 2 aliphatic rings. The number of urea groups is 1. The average Bonchev–Trinajstić information content (AvgIpc) is 2.54. The van der Waals surface area contributed by atoms with Crippen molar-refractivity contribution >= 4 is 6.03 Å². The van der Waals surface area contributed by atoms with E-state index < -0.39 is 0 Å². The number of aliphatic hydroxyl groups is 1. The predicted octanol–water partition coefficient (Wildman–Crippen LogP) is 1.91. The van der Waals surface area contributed by atoms with Gasteiger partial charge in [-0.1, -0.05) is 6.92 Å². The summed E-state index contributed by atoms with van der Waals surface area (Å²) in [5.74, 6) is 0.853. The van der Waals surface area contributed by atoms with Gasteiger partial charge >= 0.3 is 6.03 Å². The minimum atomic E-state index is -0.321. The summed E-state index contributed by atoms with van der Waals surface area (Å²) in [6.45, 7) is 9.91. The van der Waals surface area contributed by atoms with Crippen molar-refractivity contribution in [2.75, 3.05) is 39.3 Å². The van der Waals surface area contributed by atoms with Gasteiger partial charge in [0.1, 0.15) is 0 Å². The Morgan fingerprint density at radius 1 is 1.27 bits per heavy atom. The van der Waals surface area contributed by atoms with Gasteiger partial charge in [0.05, 0.1) is 6.10 Å². The monoisotopic (exact) mass is 311 g/mol. The molecule has 0 aromatic carbocycles. The van der Waals surface area contributed by atoms with E-state index in [1.54, 1.807) is 0 Å². The first-order valence-electron chi connectivity index (χ1n) is 9.03. The molecule has 5 heteroatoms. The van der Waals surface area contributed by atoms with Crippen molar-refractivity contribution in [3.63, 3.8) is 0 Å². The molecule has 0 aliphatic carbocycles. The molecule has 2 saturated heterocycles. The van der Waals surface area contributed by atoms with Crippen LogP contribution in [-0.2, 0) is 0 Å². The average molecular weight is 311 g/mol. The van der Waals surface area contributed by atoms with Gasteiger partial charge in [-0.15, -0.1) is 0 Å². The first kappa shape index (κ1) is 17.5. The summed E-state index contributed by atoms with van der Waals surface area (Å²) >= 11 is 0. The fourth-order valence-electron chi connectivity index (χ4n) is 3.66. The van der Waals surface area contributed by atoms with Gasteiger partial charge in [-0.2, -0.15) is 0 Å². The molecule has 0 spiro atoms. The molecule has 2 aliphatic heterocycles. The third kappa shape index (κ3) is 5.13. The van der Waals surface area contributed by atoms with Gasteiger partial charge in [-0.05, 0) is 64.6 Å². The number of aliphatic hydroxyl groups excluding tert-OH is 1. The predicted molar refractivity (Wildman–Crippen MR) is 88.8 cm³/mol. The molecule has 2 heterocycles. The maximum absolute atomic E-state index is 12.3. The van der Waals surface area contributed by atoms with Gasteiger partial charge in [-0.25, -0.2) is 4.79 Å². The number of nitrogens with zero attached hydrogens (tertiary/aromatic N) is 2. The lowest BCUT2D eigenvalue weighted by Gasteiger charge is -2.35. The largest absolute Gasteiger partial charge is 0.393 e. The number of hydrogen-bond acceptors (Lipinski definition) is 3. The van der Waals surface area contributed by atoms with Crippen LogP contribution in [0.15, 0.2) is 0 Å². The quantitative estimate of drug-likeness (QED) is 0.815. The number of rotatable bonds is 5. The molecule has 5 nitrogen and oxygen atoms in total. The molecule has 128 valence electrons. The van der Waals surface area contributed by atoms with Gasteiger partial charge in [0.2, 0.25) is 0 Å². The van der Waals surface area contributed by atoms with E-state index in [1.165, 1.54) is 38.9 Å². The molecule has 0 radical (unpaired) electrons. The molecule has 2 fully saturated rings. The summed E-state index contributed by atoms with van der Waals surface area (Å²) in [4.78, 5) is 16.7. The van der Waals surface area contributed by atoms with E-state index in [9.17, 15) is 9.90 Å². The van der Waals surface area contributed by atoms with E-state index in [4.69, 9.17) is 0 Å². The molecule has 0 aromatic rings. The Morgan fingerprint density at radius 3 is 2.64 bits per heavy atom. The second kappa shape index (κ2) is 8.73. The number of nitrogens with one attached hydrogen (secondary N) is 1.